The summed E-state index contributed by atoms with van der Waals surface area (Å²) in [5.41, 5.74) is -0.120. The molecule has 1 amide bonds. The van der Waals surface area contributed by atoms with E-state index in [4.69, 9.17) is 23.2 Å². The van der Waals surface area contributed by atoms with E-state index in [0.29, 0.717) is 19.0 Å². The molecule has 2 rings (SSSR count). The molecule has 1 fully saturated rings. The van der Waals surface area contributed by atoms with Gasteiger partial charge in [0.15, 0.2) is 0 Å². The number of nitro benzene ring substituents is 1. The standard InChI is InChI=1S/C14H16Cl2N2O3/c1-2-3-9-4-5-17(8-9)14(19)10-6-11(15)13(16)12(7-10)18(20)21/h6-7,9H,2-5,8H2,1H3. The Bertz CT molecular complexity index is 578. The first-order valence-corrected chi connectivity index (χ1v) is 7.62. The maximum Gasteiger partial charge on any atom is 0.290 e. The molecule has 1 saturated heterocycles. The zero-order valence-corrected chi connectivity index (χ0v) is 13.2. The molecule has 0 N–H and O–H groups in total. The van der Waals surface area contributed by atoms with E-state index in [1.165, 1.54) is 12.1 Å². The lowest BCUT2D eigenvalue weighted by molar-refractivity contribution is -0.384. The van der Waals surface area contributed by atoms with Crippen LogP contribution < -0.4 is 0 Å². The van der Waals surface area contributed by atoms with Crippen LogP contribution in [0.1, 0.15) is 36.5 Å². The predicted molar refractivity (Wildman–Crippen MR) is 82.0 cm³/mol. The van der Waals surface area contributed by atoms with Gasteiger partial charge in [0, 0.05) is 24.7 Å². The van der Waals surface area contributed by atoms with E-state index in [1.807, 2.05) is 0 Å². The van der Waals surface area contributed by atoms with Gasteiger partial charge in [-0.15, -0.1) is 0 Å². The second-order valence-electron chi connectivity index (χ2n) is 5.24. The summed E-state index contributed by atoms with van der Waals surface area (Å²) in [4.78, 5) is 24.5. The van der Waals surface area contributed by atoms with Crippen LogP contribution in [0.5, 0.6) is 0 Å². The van der Waals surface area contributed by atoms with Crippen molar-refractivity contribution in [2.75, 3.05) is 13.1 Å². The van der Waals surface area contributed by atoms with E-state index in [1.54, 1.807) is 4.90 Å². The van der Waals surface area contributed by atoms with Crippen LogP contribution >= 0.6 is 23.2 Å². The van der Waals surface area contributed by atoms with E-state index in [9.17, 15) is 14.9 Å². The Hall–Kier alpha value is -1.33. The number of carbonyl (C=O) groups is 1. The number of rotatable bonds is 4. The molecular formula is C14H16Cl2N2O3. The highest BCUT2D eigenvalue weighted by Crippen LogP contribution is 2.34. The molecule has 1 aliphatic heterocycles. The quantitative estimate of drug-likeness (QED) is 0.614. The molecule has 0 bridgehead atoms. The lowest BCUT2D eigenvalue weighted by atomic mass is 10.0. The number of hydrogen-bond donors (Lipinski definition) is 0. The Morgan fingerprint density at radius 2 is 2.19 bits per heavy atom. The SMILES string of the molecule is CCCC1CCN(C(=O)c2cc(Cl)c(Cl)c([N+](=O)[O-])c2)C1. The molecule has 1 atom stereocenters. The van der Waals surface area contributed by atoms with Gasteiger partial charge in [0.05, 0.1) is 9.95 Å². The van der Waals surface area contributed by atoms with E-state index in [-0.39, 0.29) is 27.2 Å². The molecule has 0 aromatic heterocycles. The van der Waals surface area contributed by atoms with Gasteiger partial charge in [0.1, 0.15) is 5.02 Å². The van der Waals surface area contributed by atoms with Crippen molar-refractivity contribution in [3.8, 4) is 0 Å². The first-order chi connectivity index (χ1) is 9.93. The minimum atomic E-state index is -0.630. The highest BCUT2D eigenvalue weighted by molar-refractivity contribution is 6.43. The minimum Gasteiger partial charge on any atom is -0.338 e. The van der Waals surface area contributed by atoms with E-state index in [2.05, 4.69) is 6.92 Å². The maximum absolute atomic E-state index is 12.4. The molecule has 1 aromatic rings. The van der Waals surface area contributed by atoms with Crippen LogP contribution in [-0.2, 0) is 0 Å². The first kappa shape index (κ1) is 16.0. The van der Waals surface area contributed by atoms with Crippen molar-refractivity contribution >= 4 is 34.8 Å². The smallest absolute Gasteiger partial charge is 0.290 e. The third kappa shape index (κ3) is 3.47. The van der Waals surface area contributed by atoms with E-state index < -0.39 is 4.92 Å². The second-order valence-corrected chi connectivity index (χ2v) is 6.03. The van der Waals surface area contributed by atoms with Crippen molar-refractivity contribution in [3.05, 3.63) is 37.9 Å². The average Bonchev–Trinajstić information content (AvgIpc) is 2.89. The fourth-order valence-corrected chi connectivity index (χ4v) is 3.07. The van der Waals surface area contributed by atoms with E-state index >= 15 is 0 Å². The third-order valence-corrected chi connectivity index (χ3v) is 4.51. The summed E-state index contributed by atoms with van der Waals surface area (Å²) in [7, 11) is 0. The Kier molecular flexibility index (Phi) is 5.06. The van der Waals surface area contributed by atoms with Gasteiger partial charge >= 0.3 is 0 Å². The summed E-state index contributed by atoms with van der Waals surface area (Å²) in [6, 6.07) is 2.59. The molecule has 1 aliphatic rings. The van der Waals surface area contributed by atoms with Gasteiger partial charge in [0.2, 0.25) is 0 Å². The molecule has 0 aliphatic carbocycles. The van der Waals surface area contributed by atoms with Crippen LogP contribution in [0, 0.1) is 16.0 Å². The number of likely N-dealkylation sites (tertiary alicyclic amines) is 1. The minimum absolute atomic E-state index is 0.0264. The number of nitro groups is 1. The maximum atomic E-state index is 12.4. The van der Waals surface area contributed by atoms with Crippen molar-refractivity contribution in [1.82, 2.24) is 4.90 Å². The molecule has 0 spiro atoms. The van der Waals surface area contributed by atoms with Crippen LogP contribution in [0.25, 0.3) is 0 Å². The van der Waals surface area contributed by atoms with Crippen LogP contribution in [0.4, 0.5) is 5.69 Å². The van der Waals surface area contributed by atoms with Gasteiger partial charge < -0.3 is 4.90 Å². The van der Waals surface area contributed by atoms with Crippen molar-refractivity contribution in [2.24, 2.45) is 5.92 Å². The lowest BCUT2D eigenvalue weighted by Crippen LogP contribution is -2.28. The summed E-state index contributed by atoms with van der Waals surface area (Å²) in [5, 5.41) is 10.8. The first-order valence-electron chi connectivity index (χ1n) is 6.86. The fraction of sp³-hybridized carbons (Fsp3) is 0.500. The zero-order valence-electron chi connectivity index (χ0n) is 11.6. The van der Waals surface area contributed by atoms with Gasteiger partial charge in [0.25, 0.3) is 11.6 Å². The average molecular weight is 331 g/mol. The van der Waals surface area contributed by atoms with Gasteiger partial charge in [-0.25, -0.2) is 0 Å². The topological polar surface area (TPSA) is 63.5 Å². The Balaban J connectivity index is 2.22. The normalized spacial score (nSPS) is 18.0. The fourth-order valence-electron chi connectivity index (χ4n) is 2.67. The zero-order chi connectivity index (χ0) is 15.6. The van der Waals surface area contributed by atoms with Crippen LogP contribution in [0.2, 0.25) is 10.0 Å². The van der Waals surface area contributed by atoms with Crippen LogP contribution in [0.3, 0.4) is 0 Å². The molecule has 114 valence electrons. The number of halogens is 2. The predicted octanol–water partition coefficient (Wildman–Crippen LogP) is 4.16. The monoisotopic (exact) mass is 330 g/mol. The van der Waals surface area contributed by atoms with Crippen LogP contribution in [-0.4, -0.2) is 28.8 Å². The van der Waals surface area contributed by atoms with Crippen molar-refractivity contribution in [1.29, 1.82) is 0 Å². The number of carbonyl (C=O) groups excluding carboxylic acids is 1. The number of hydrogen-bond acceptors (Lipinski definition) is 3. The molecule has 1 aromatic carbocycles. The molecule has 1 heterocycles. The summed E-state index contributed by atoms with van der Waals surface area (Å²) in [6.07, 6.45) is 3.15. The highest BCUT2D eigenvalue weighted by atomic mass is 35.5. The highest BCUT2D eigenvalue weighted by Gasteiger charge is 2.28. The number of nitrogens with zero attached hydrogens (tertiary/aromatic N) is 2. The molecule has 7 heteroatoms. The molecule has 0 radical (unpaired) electrons. The van der Waals surface area contributed by atoms with Gasteiger partial charge in [-0.3, -0.25) is 14.9 Å². The number of amides is 1. The Labute approximate surface area is 133 Å². The van der Waals surface area contributed by atoms with Crippen molar-refractivity contribution in [3.63, 3.8) is 0 Å². The van der Waals surface area contributed by atoms with Crippen LogP contribution in [0.15, 0.2) is 12.1 Å². The summed E-state index contributed by atoms with van der Waals surface area (Å²) >= 11 is 11.7. The lowest BCUT2D eigenvalue weighted by Gasteiger charge is -2.17. The summed E-state index contributed by atoms with van der Waals surface area (Å²) in [6.45, 7) is 3.49. The number of benzene rings is 1. The Morgan fingerprint density at radius 3 is 2.81 bits per heavy atom. The molecule has 21 heavy (non-hydrogen) atoms. The molecule has 0 saturated carbocycles. The van der Waals surface area contributed by atoms with Gasteiger partial charge in [-0.05, 0) is 24.8 Å². The third-order valence-electron chi connectivity index (χ3n) is 3.72. The summed E-state index contributed by atoms with van der Waals surface area (Å²) < 4.78 is 0. The van der Waals surface area contributed by atoms with E-state index in [0.717, 1.165) is 19.3 Å². The van der Waals surface area contributed by atoms with Crippen molar-refractivity contribution in [2.45, 2.75) is 26.2 Å². The van der Waals surface area contributed by atoms with Gasteiger partial charge in [-0.1, -0.05) is 36.5 Å². The molecule has 1 unspecified atom stereocenters. The summed E-state index contributed by atoms with van der Waals surface area (Å²) in [5.74, 6) is 0.284. The van der Waals surface area contributed by atoms with Crippen molar-refractivity contribution < 1.29 is 9.72 Å². The molecular weight excluding hydrogens is 315 g/mol. The largest absolute Gasteiger partial charge is 0.338 e. The van der Waals surface area contributed by atoms with Gasteiger partial charge in [-0.2, -0.15) is 0 Å². The molecule has 5 nitrogen and oxygen atoms in total. The second kappa shape index (κ2) is 6.62. The Morgan fingerprint density at radius 1 is 1.48 bits per heavy atom.